The van der Waals surface area contributed by atoms with Gasteiger partial charge in [0.15, 0.2) is 0 Å². The van der Waals surface area contributed by atoms with Gasteiger partial charge >= 0.3 is 0 Å². The van der Waals surface area contributed by atoms with E-state index in [4.69, 9.17) is 63.3 Å². The van der Waals surface area contributed by atoms with E-state index in [9.17, 15) is 4.39 Å². The molecule has 0 fully saturated rings. The number of benzene rings is 1. The molecule has 0 radical (unpaired) electrons. The van der Waals surface area contributed by atoms with Crippen molar-refractivity contribution in [2.24, 2.45) is 0 Å². The van der Waals surface area contributed by atoms with Gasteiger partial charge in [-0.3, -0.25) is 0 Å². The van der Waals surface area contributed by atoms with Gasteiger partial charge < -0.3 is 0 Å². The van der Waals surface area contributed by atoms with E-state index in [1.807, 2.05) is 6.07 Å². The smallest absolute Gasteiger partial charge is 0.213 e. The quantitative estimate of drug-likeness (QED) is 0.350. The Hall–Kier alpha value is -0.760. The van der Waals surface area contributed by atoms with Gasteiger partial charge in [-0.05, 0) is 11.6 Å². The van der Waals surface area contributed by atoms with Crippen molar-refractivity contribution >= 4 is 58.0 Å². The maximum Gasteiger partial charge on any atom is 0.213 e. The highest BCUT2D eigenvalue weighted by Gasteiger charge is 2.23. The summed E-state index contributed by atoms with van der Waals surface area (Å²) >= 11 is 30.1. The van der Waals surface area contributed by atoms with Crippen LogP contribution in [-0.4, -0.2) is 4.98 Å². The molecule has 0 saturated carbocycles. The van der Waals surface area contributed by atoms with Crippen molar-refractivity contribution in [1.29, 1.82) is 5.26 Å². The van der Waals surface area contributed by atoms with E-state index in [0.29, 0.717) is 5.56 Å². The predicted octanol–water partition coefficient (Wildman–Crippen LogP) is 6.22. The van der Waals surface area contributed by atoms with Crippen molar-refractivity contribution in [3.63, 3.8) is 0 Å². The molecule has 2 rings (SSSR count). The van der Waals surface area contributed by atoms with Crippen LogP contribution in [0.3, 0.4) is 0 Å². The lowest BCUT2D eigenvalue weighted by Gasteiger charge is -2.14. The number of hydrogen-bond donors (Lipinski definition) is 0. The maximum atomic E-state index is 13.4. The van der Waals surface area contributed by atoms with Crippen LogP contribution in [0, 0.1) is 17.3 Å². The molecular weight excluding hydrogens is 380 g/mol. The Morgan fingerprint density at radius 1 is 0.952 bits per heavy atom. The Kier molecular flexibility index (Phi) is 5.19. The fourth-order valence-electron chi connectivity index (χ4n) is 1.72. The Labute approximate surface area is 145 Å². The normalized spacial score (nSPS) is 10.5. The van der Waals surface area contributed by atoms with Crippen molar-refractivity contribution in [1.82, 2.24) is 4.98 Å². The second kappa shape index (κ2) is 6.56. The molecule has 21 heavy (non-hydrogen) atoms. The van der Waals surface area contributed by atoms with Crippen LogP contribution >= 0.6 is 58.0 Å². The summed E-state index contributed by atoms with van der Waals surface area (Å²) < 4.78 is 13.4. The number of nitrogens with zero attached hydrogens (tertiary/aromatic N) is 2. The maximum absolute atomic E-state index is 13.4. The first-order valence-corrected chi connectivity index (χ1v) is 7.31. The Balaban J connectivity index is 2.85. The molecule has 0 aliphatic carbocycles. The van der Waals surface area contributed by atoms with E-state index in [1.54, 1.807) is 0 Å². The van der Waals surface area contributed by atoms with Gasteiger partial charge in [-0.2, -0.15) is 9.65 Å². The van der Waals surface area contributed by atoms with E-state index in [0.717, 1.165) is 6.07 Å². The molecule has 0 amide bonds. The van der Waals surface area contributed by atoms with Crippen molar-refractivity contribution in [2.75, 3.05) is 0 Å². The lowest BCUT2D eigenvalue weighted by molar-refractivity contribution is 0.584. The third kappa shape index (κ3) is 3.06. The molecule has 0 spiro atoms. The van der Waals surface area contributed by atoms with Gasteiger partial charge in [0, 0.05) is 5.56 Å². The highest BCUT2D eigenvalue weighted by atomic mass is 35.5. The number of aromatic nitrogens is 1. The second-order valence-corrected chi connectivity index (χ2v) is 5.81. The average molecular weight is 384 g/mol. The number of rotatable bonds is 2. The molecule has 8 heteroatoms. The zero-order chi connectivity index (χ0) is 15.7. The fraction of sp³-hybridized carbons (Fsp3) is 0.0769. The molecule has 0 N–H and O–H groups in total. The first kappa shape index (κ1) is 16.6. The monoisotopic (exact) mass is 382 g/mol. The summed E-state index contributed by atoms with van der Waals surface area (Å²) in [6.07, 6.45) is -0.00681. The molecular formula is C13H4Cl5FN2. The summed E-state index contributed by atoms with van der Waals surface area (Å²) in [5.74, 6) is -0.749. The van der Waals surface area contributed by atoms with Gasteiger partial charge in [-0.25, -0.2) is 4.98 Å². The molecule has 0 saturated heterocycles. The topological polar surface area (TPSA) is 36.7 Å². The van der Waals surface area contributed by atoms with Gasteiger partial charge in [0.25, 0.3) is 0 Å². The molecule has 0 aliphatic rings. The van der Waals surface area contributed by atoms with Crippen LogP contribution in [0.25, 0.3) is 11.3 Å². The third-order valence-electron chi connectivity index (χ3n) is 2.66. The van der Waals surface area contributed by atoms with Gasteiger partial charge in [0.05, 0.1) is 43.3 Å². The second-order valence-electron chi connectivity index (χ2n) is 3.92. The van der Waals surface area contributed by atoms with Crippen molar-refractivity contribution in [2.45, 2.75) is 6.42 Å². The van der Waals surface area contributed by atoms with E-state index < -0.39 is 5.95 Å². The standard InChI is InChI=1S/C13H4Cl5FN2/c14-8-7(9(15)11(17)12(18)10(8)16)13-5(3-4-20)1-2-6(19)21-13/h1-2H,3H2. The number of pyridine rings is 1. The number of hydrogen-bond acceptors (Lipinski definition) is 2. The summed E-state index contributed by atoms with van der Waals surface area (Å²) in [6.45, 7) is 0. The van der Waals surface area contributed by atoms with Crippen molar-refractivity contribution < 1.29 is 4.39 Å². The van der Waals surface area contributed by atoms with Crippen LogP contribution in [-0.2, 0) is 6.42 Å². The van der Waals surface area contributed by atoms with Gasteiger partial charge in [0.1, 0.15) is 0 Å². The zero-order valence-corrected chi connectivity index (χ0v) is 13.8. The Morgan fingerprint density at radius 2 is 1.48 bits per heavy atom. The van der Waals surface area contributed by atoms with E-state index in [1.165, 1.54) is 6.07 Å². The Morgan fingerprint density at radius 3 is 2.00 bits per heavy atom. The highest BCUT2D eigenvalue weighted by molar-refractivity contribution is 6.56. The largest absolute Gasteiger partial charge is 0.219 e. The first-order chi connectivity index (χ1) is 9.88. The molecule has 0 atom stereocenters. The van der Waals surface area contributed by atoms with Gasteiger partial charge in [-0.1, -0.05) is 64.1 Å². The van der Waals surface area contributed by atoms with Crippen LogP contribution in [0.15, 0.2) is 12.1 Å². The molecule has 2 aromatic rings. The molecule has 1 aromatic heterocycles. The molecule has 0 unspecified atom stereocenters. The van der Waals surface area contributed by atoms with Gasteiger partial charge in [0.2, 0.25) is 5.95 Å². The lowest BCUT2D eigenvalue weighted by Crippen LogP contribution is -1.98. The van der Waals surface area contributed by atoms with E-state index >= 15 is 0 Å². The minimum atomic E-state index is -0.749. The highest BCUT2D eigenvalue weighted by Crippen LogP contribution is 2.48. The predicted molar refractivity (Wildman–Crippen MR) is 84.0 cm³/mol. The summed E-state index contributed by atoms with van der Waals surface area (Å²) in [5, 5.41) is 8.79. The molecule has 1 heterocycles. The minimum Gasteiger partial charge on any atom is -0.219 e. The molecule has 2 nitrogen and oxygen atoms in total. The summed E-state index contributed by atoms with van der Waals surface area (Å²) in [6, 6.07) is 4.51. The molecule has 1 aromatic carbocycles. The number of halogens is 6. The van der Waals surface area contributed by atoms with Crippen LogP contribution in [0.1, 0.15) is 5.56 Å². The van der Waals surface area contributed by atoms with Crippen LogP contribution < -0.4 is 0 Å². The number of nitriles is 1. The summed E-state index contributed by atoms with van der Waals surface area (Å²) in [4.78, 5) is 3.75. The summed E-state index contributed by atoms with van der Waals surface area (Å²) in [7, 11) is 0. The van der Waals surface area contributed by atoms with Crippen molar-refractivity contribution in [3.8, 4) is 17.3 Å². The average Bonchev–Trinajstić information content (AvgIpc) is 2.46. The van der Waals surface area contributed by atoms with E-state index in [2.05, 4.69) is 4.98 Å². The lowest BCUT2D eigenvalue weighted by atomic mass is 10.0. The minimum absolute atomic E-state index is 0.00433. The summed E-state index contributed by atoms with van der Waals surface area (Å²) in [5.41, 5.74) is 0.687. The molecule has 0 bridgehead atoms. The van der Waals surface area contributed by atoms with Crippen molar-refractivity contribution in [3.05, 3.63) is 48.8 Å². The molecule has 108 valence electrons. The molecule has 0 aliphatic heterocycles. The SMILES string of the molecule is N#CCc1ccc(F)nc1-c1c(Cl)c(Cl)c(Cl)c(Cl)c1Cl. The first-order valence-electron chi connectivity index (χ1n) is 5.42. The fourth-order valence-corrected chi connectivity index (χ4v) is 3.04. The third-order valence-corrected chi connectivity index (χ3v) is 4.94. The van der Waals surface area contributed by atoms with E-state index in [-0.39, 0.29) is 42.8 Å². The van der Waals surface area contributed by atoms with Crippen LogP contribution in [0.4, 0.5) is 4.39 Å². The zero-order valence-electron chi connectivity index (χ0n) is 10.0. The van der Waals surface area contributed by atoms with Gasteiger partial charge in [-0.15, -0.1) is 0 Å². The Bertz CT molecular complexity index is 741. The van der Waals surface area contributed by atoms with Crippen LogP contribution in [0.2, 0.25) is 25.1 Å². The van der Waals surface area contributed by atoms with Crippen LogP contribution in [0.5, 0.6) is 0 Å².